The number of halogens is 1. The first-order valence-corrected chi connectivity index (χ1v) is 9.94. The lowest BCUT2D eigenvalue weighted by atomic mass is 9.93. The van der Waals surface area contributed by atoms with Crippen molar-refractivity contribution >= 4 is 23.5 Å². The van der Waals surface area contributed by atoms with E-state index in [1.807, 2.05) is 36.4 Å². The zero-order valence-corrected chi connectivity index (χ0v) is 16.7. The topological polar surface area (TPSA) is 69.6 Å². The predicted molar refractivity (Wildman–Crippen MR) is 116 cm³/mol. The first-order chi connectivity index (χ1) is 15.1. The van der Waals surface area contributed by atoms with E-state index in [9.17, 15) is 14.0 Å². The molecule has 0 bridgehead atoms. The second-order valence-electron chi connectivity index (χ2n) is 7.34. The molecule has 0 spiro atoms. The summed E-state index contributed by atoms with van der Waals surface area (Å²) in [5.41, 5.74) is 5.61. The molecule has 0 fully saturated rings. The third-order valence-corrected chi connectivity index (χ3v) is 5.40. The van der Waals surface area contributed by atoms with Crippen molar-refractivity contribution in [2.24, 2.45) is 0 Å². The molecule has 0 saturated carbocycles. The number of fused-ring (bicyclic) bond motifs is 1. The van der Waals surface area contributed by atoms with Crippen LogP contribution in [0.4, 0.5) is 4.39 Å². The standard InChI is InChI=1S/C25H21FN2O3/c26-20-11-9-19(10-12-20)22(15-17-5-2-1-3-6-17)25(30)28-14-13-18-7-4-8-21(23(18)16-28)24(29)27-31/h1-12,15,31H,13-14,16H2,(H,27,29)/b22-15-. The molecule has 3 aromatic rings. The Morgan fingerprint density at radius 2 is 1.71 bits per heavy atom. The van der Waals surface area contributed by atoms with Crippen LogP contribution in [0.5, 0.6) is 0 Å². The molecule has 1 aliphatic heterocycles. The van der Waals surface area contributed by atoms with Gasteiger partial charge in [0.1, 0.15) is 5.82 Å². The molecular weight excluding hydrogens is 395 g/mol. The van der Waals surface area contributed by atoms with Gasteiger partial charge in [-0.15, -0.1) is 0 Å². The van der Waals surface area contributed by atoms with E-state index in [1.54, 1.807) is 40.7 Å². The molecule has 3 aromatic carbocycles. The van der Waals surface area contributed by atoms with Crippen molar-refractivity contribution in [2.45, 2.75) is 13.0 Å². The van der Waals surface area contributed by atoms with Crippen LogP contribution in [0.2, 0.25) is 0 Å². The van der Waals surface area contributed by atoms with Crippen LogP contribution in [-0.4, -0.2) is 28.5 Å². The third kappa shape index (κ3) is 4.39. The van der Waals surface area contributed by atoms with E-state index in [1.165, 1.54) is 12.1 Å². The molecule has 6 heteroatoms. The molecule has 0 radical (unpaired) electrons. The van der Waals surface area contributed by atoms with E-state index in [4.69, 9.17) is 5.21 Å². The maximum Gasteiger partial charge on any atom is 0.274 e. The molecule has 1 heterocycles. The number of hydrogen-bond acceptors (Lipinski definition) is 3. The second-order valence-corrected chi connectivity index (χ2v) is 7.34. The van der Waals surface area contributed by atoms with Crippen molar-refractivity contribution in [3.63, 3.8) is 0 Å². The number of nitrogens with zero attached hydrogens (tertiary/aromatic N) is 1. The van der Waals surface area contributed by atoms with E-state index in [0.29, 0.717) is 35.2 Å². The number of nitrogens with one attached hydrogen (secondary N) is 1. The number of carbonyl (C=O) groups excluding carboxylic acids is 2. The summed E-state index contributed by atoms with van der Waals surface area (Å²) >= 11 is 0. The van der Waals surface area contributed by atoms with Gasteiger partial charge in [0.25, 0.3) is 11.8 Å². The summed E-state index contributed by atoms with van der Waals surface area (Å²) in [6.45, 7) is 0.731. The molecular formula is C25H21FN2O3. The third-order valence-electron chi connectivity index (χ3n) is 5.40. The molecule has 1 aliphatic rings. The highest BCUT2D eigenvalue weighted by Gasteiger charge is 2.27. The molecule has 4 rings (SSSR count). The van der Waals surface area contributed by atoms with Crippen LogP contribution in [0.25, 0.3) is 11.6 Å². The van der Waals surface area contributed by atoms with Crippen LogP contribution in [0.1, 0.15) is 32.6 Å². The lowest BCUT2D eigenvalue weighted by molar-refractivity contribution is -0.125. The number of rotatable bonds is 4. The summed E-state index contributed by atoms with van der Waals surface area (Å²) in [7, 11) is 0. The van der Waals surface area contributed by atoms with E-state index in [0.717, 1.165) is 11.1 Å². The molecule has 0 aliphatic carbocycles. The van der Waals surface area contributed by atoms with Crippen LogP contribution >= 0.6 is 0 Å². The van der Waals surface area contributed by atoms with E-state index >= 15 is 0 Å². The van der Waals surface area contributed by atoms with Gasteiger partial charge >= 0.3 is 0 Å². The van der Waals surface area contributed by atoms with Gasteiger partial charge in [-0.1, -0.05) is 54.6 Å². The smallest absolute Gasteiger partial charge is 0.274 e. The zero-order valence-electron chi connectivity index (χ0n) is 16.7. The summed E-state index contributed by atoms with van der Waals surface area (Å²) in [6, 6.07) is 20.6. The number of benzene rings is 3. The van der Waals surface area contributed by atoms with Crippen molar-refractivity contribution in [3.8, 4) is 0 Å². The van der Waals surface area contributed by atoms with Gasteiger partial charge in [0.15, 0.2) is 0 Å². The Kier molecular flexibility index (Phi) is 5.91. The minimum absolute atomic E-state index is 0.208. The van der Waals surface area contributed by atoms with Gasteiger partial charge < -0.3 is 4.90 Å². The second kappa shape index (κ2) is 8.93. The number of carbonyl (C=O) groups is 2. The normalized spacial score (nSPS) is 13.5. The zero-order chi connectivity index (χ0) is 21.8. The van der Waals surface area contributed by atoms with Crippen molar-refractivity contribution in [1.29, 1.82) is 0 Å². The Bertz CT molecular complexity index is 1140. The fraction of sp³-hybridized carbons (Fsp3) is 0.120. The fourth-order valence-corrected chi connectivity index (χ4v) is 3.81. The Balaban J connectivity index is 1.71. The highest BCUT2D eigenvalue weighted by molar-refractivity contribution is 6.24. The van der Waals surface area contributed by atoms with Gasteiger partial charge in [-0.3, -0.25) is 14.8 Å². The number of amides is 2. The lowest BCUT2D eigenvalue weighted by Crippen LogP contribution is -2.37. The van der Waals surface area contributed by atoms with E-state index in [2.05, 4.69) is 0 Å². The minimum atomic E-state index is -0.607. The van der Waals surface area contributed by atoms with Gasteiger partial charge in [0, 0.05) is 24.2 Å². The maximum atomic E-state index is 13.6. The Morgan fingerprint density at radius 3 is 2.42 bits per heavy atom. The van der Waals surface area contributed by atoms with Crippen LogP contribution < -0.4 is 5.48 Å². The van der Waals surface area contributed by atoms with E-state index < -0.39 is 5.91 Å². The molecule has 0 unspecified atom stereocenters. The van der Waals surface area contributed by atoms with Crippen molar-refractivity contribution < 1.29 is 19.2 Å². The summed E-state index contributed by atoms with van der Waals surface area (Å²) < 4.78 is 13.5. The van der Waals surface area contributed by atoms with Gasteiger partial charge in [0.2, 0.25) is 0 Å². The van der Waals surface area contributed by atoms with Gasteiger partial charge in [-0.25, -0.2) is 9.87 Å². The molecule has 31 heavy (non-hydrogen) atoms. The van der Waals surface area contributed by atoms with Crippen molar-refractivity contribution in [2.75, 3.05) is 6.54 Å². The SMILES string of the molecule is O=C(NO)c1cccc2c1CN(C(=O)/C(=C\c1ccccc1)c1ccc(F)cc1)CC2. The van der Waals surface area contributed by atoms with Gasteiger partial charge in [-0.05, 0) is 52.9 Å². The average molecular weight is 416 g/mol. The molecule has 2 N–H and O–H groups in total. The molecule has 0 aromatic heterocycles. The van der Waals surface area contributed by atoms with Crippen molar-refractivity contribution in [3.05, 3.63) is 106 Å². The minimum Gasteiger partial charge on any atom is -0.334 e. The number of hydrogen-bond donors (Lipinski definition) is 2. The first-order valence-electron chi connectivity index (χ1n) is 9.94. The molecule has 0 saturated heterocycles. The Morgan fingerprint density at radius 1 is 0.968 bits per heavy atom. The van der Waals surface area contributed by atoms with Crippen LogP contribution in [0.3, 0.4) is 0 Å². The Labute approximate surface area is 179 Å². The highest BCUT2D eigenvalue weighted by atomic mass is 19.1. The molecule has 0 atom stereocenters. The Hall–Kier alpha value is -3.77. The van der Waals surface area contributed by atoms with Gasteiger partial charge in [-0.2, -0.15) is 0 Å². The number of hydroxylamine groups is 1. The monoisotopic (exact) mass is 416 g/mol. The molecule has 5 nitrogen and oxygen atoms in total. The molecule has 2 amide bonds. The first kappa shape index (κ1) is 20.5. The van der Waals surface area contributed by atoms with Gasteiger partial charge in [0.05, 0.1) is 0 Å². The predicted octanol–water partition coefficient (Wildman–Crippen LogP) is 4.07. The average Bonchev–Trinajstić information content (AvgIpc) is 2.82. The van der Waals surface area contributed by atoms with Crippen molar-refractivity contribution in [1.82, 2.24) is 10.4 Å². The maximum absolute atomic E-state index is 13.6. The highest BCUT2D eigenvalue weighted by Crippen LogP contribution is 2.27. The quantitative estimate of drug-likeness (QED) is 0.292. The summed E-state index contributed by atoms with van der Waals surface area (Å²) in [6.07, 6.45) is 2.38. The fourth-order valence-electron chi connectivity index (χ4n) is 3.81. The van der Waals surface area contributed by atoms with Crippen LogP contribution in [0.15, 0.2) is 72.8 Å². The van der Waals surface area contributed by atoms with E-state index in [-0.39, 0.29) is 18.3 Å². The summed E-state index contributed by atoms with van der Waals surface area (Å²) in [5.74, 6) is -1.19. The summed E-state index contributed by atoms with van der Waals surface area (Å²) in [5, 5.41) is 9.07. The molecule has 156 valence electrons. The largest absolute Gasteiger partial charge is 0.334 e. The van der Waals surface area contributed by atoms with Crippen LogP contribution in [0, 0.1) is 5.82 Å². The summed E-state index contributed by atoms with van der Waals surface area (Å²) in [4.78, 5) is 27.3. The lowest BCUT2D eigenvalue weighted by Gasteiger charge is -2.31. The van der Waals surface area contributed by atoms with Crippen LogP contribution in [-0.2, 0) is 17.8 Å².